The highest BCUT2D eigenvalue weighted by molar-refractivity contribution is 5.85. The summed E-state index contributed by atoms with van der Waals surface area (Å²) in [6, 6.07) is 10.1. The molecule has 1 aromatic carbocycles. The van der Waals surface area contributed by atoms with Gasteiger partial charge in [0, 0.05) is 24.6 Å². The number of carbonyl (C=O) groups is 1. The summed E-state index contributed by atoms with van der Waals surface area (Å²) >= 11 is 0. The molecule has 0 spiro atoms. The number of nitrogens with two attached hydrogens (primary N) is 1. The summed E-state index contributed by atoms with van der Waals surface area (Å²) in [5.74, 6) is 1.94. The highest BCUT2D eigenvalue weighted by Gasteiger charge is 2.12. The number of methoxy groups -OCH3 is 1. The number of nitrogens with one attached hydrogen (secondary N) is 1. The molecular formula is C25H38N4O2. The molecule has 0 aliphatic heterocycles. The summed E-state index contributed by atoms with van der Waals surface area (Å²) in [5, 5.41) is 1.08. The number of H-pyrrole nitrogens is 1. The molecule has 0 bridgehead atoms. The van der Waals surface area contributed by atoms with Gasteiger partial charge in [-0.05, 0) is 32.0 Å². The van der Waals surface area contributed by atoms with E-state index in [1.807, 2.05) is 51.2 Å². The number of ether oxygens (including phenoxy) is 1. The second kappa shape index (κ2) is 15.1. The van der Waals surface area contributed by atoms with E-state index in [1.165, 1.54) is 7.05 Å². The lowest BCUT2D eigenvalue weighted by Gasteiger charge is -2.07. The van der Waals surface area contributed by atoms with Gasteiger partial charge >= 0.3 is 0 Å². The van der Waals surface area contributed by atoms with Gasteiger partial charge in [0.15, 0.2) is 0 Å². The Kier molecular flexibility index (Phi) is 12.8. The first kappa shape index (κ1) is 26.3. The van der Waals surface area contributed by atoms with Crippen LogP contribution in [0.5, 0.6) is 5.88 Å². The molecule has 2 heterocycles. The highest BCUT2D eigenvalue weighted by Crippen LogP contribution is 2.30. The molecule has 0 saturated carbocycles. The van der Waals surface area contributed by atoms with Gasteiger partial charge in [0.05, 0.1) is 30.1 Å². The van der Waals surface area contributed by atoms with Gasteiger partial charge in [0.1, 0.15) is 11.6 Å². The molecular weight excluding hydrogens is 388 g/mol. The SMILES string of the molecule is CC.CCC(=O)CCCCCCc1ncc(-c2cc3ccccc3nc2OC)[nH]1.CN. The van der Waals surface area contributed by atoms with Crippen molar-refractivity contribution in [3.8, 4) is 17.1 Å². The Morgan fingerprint density at radius 3 is 2.52 bits per heavy atom. The van der Waals surface area contributed by atoms with Gasteiger partial charge in [0.2, 0.25) is 5.88 Å². The van der Waals surface area contributed by atoms with Crippen LogP contribution in [0.1, 0.15) is 65.1 Å². The Bertz CT molecular complexity index is 905. The highest BCUT2D eigenvalue weighted by atomic mass is 16.5. The fraction of sp³-hybridized carbons (Fsp3) is 0.480. The van der Waals surface area contributed by atoms with E-state index in [4.69, 9.17) is 4.74 Å². The standard InChI is InChI=1S/C22H27N3O2.C2H6.CH5N/c1-3-17(26)11-6-4-5-7-13-21-23-15-20(24-21)18-14-16-10-8-9-12-19(16)25-22(18)27-2;2*1-2/h8-10,12,14-15H,3-7,11,13H2,1-2H3,(H,23,24);1-2H3;2H2,1H3. The van der Waals surface area contributed by atoms with Gasteiger partial charge in [-0.15, -0.1) is 0 Å². The van der Waals surface area contributed by atoms with Crippen molar-refractivity contribution in [2.45, 2.75) is 65.7 Å². The predicted molar refractivity (Wildman–Crippen MR) is 129 cm³/mol. The lowest BCUT2D eigenvalue weighted by molar-refractivity contribution is -0.118. The third-order valence-electron chi connectivity index (χ3n) is 4.81. The molecule has 2 aromatic heterocycles. The van der Waals surface area contributed by atoms with Crippen LogP contribution >= 0.6 is 0 Å². The van der Waals surface area contributed by atoms with Crippen LogP contribution in [0.4, 0.5) is 0 Å². The van der Waals surface area contributed by atoms with Gasteiger partial charge < -0.3 is 15.5 Å². The molecule has 6 heteroatoms. The number of para-hydroxylation sites is 1. The molecule has 3 rings (SSSR count). The quantitative estimate of drug-likeness (QED) is 0.405. The van der Waals surface area contributed by atoms with Crippen LogP contribution in [0.2, 0.25) is 0 Å². The molecule has 170 valence electrons. The van der Waals surface area contributed by atoms with E-state index in [0.717, 1.165) is 66.5 Å². The average molecular weight is 427 g/mol. The Morgan fingerprint density at radius 1 is 1.10 bits per heavy atom. The van der Waals surface area contributed by atoms with Gasteiger partial charge in [-0.1, -0.05) is 51.8 Å². The lowest BCUT2D eigenvalue weighted by Crippen LogP contribution is -1.95. The van der Waals surface area contributed by atoms with Crippen LogP contribution < -0.4 is 10.5 Å². The van der Waals surface area contributed by atoms with Crippen molar-refractivity contribution in [3.05, 3.63) is 42.4 Å². The molecule has 0 unspecified atom stereocenters. The largest absolute Gasteiger partial charge is 0.480 e. The summed E-state index contributed by atoms with van der Waals surface area (Å²) in [5.41, 5.74) is 7.26. The summed E-state index contributed by atoms with van der Waals surface area (Å²) in [6.07, 6.45) is 8.42. The number of hydrogen-bond donors (Lipinski definition) is 2. The van der Waals surface area contributed by atoms with Crippen LogP contribution in [-0.4, -0.2) is 34.9 Å². The maximum Gasteiger partial charge on any atom is 0.223 e. The van der Waals surface area contributed by atoms with Crippen molar-refractivity contribution < 1.29 is 9.53 Å². The number of Topliss-reactive ketones (excluding diaryl/α,β-unsaturated/α-hetero) is 1. The zero-order valence-electron chi connectivity index (χ0n) is 19.7. The number of rotatable bonds is 10. The summed E-state index contributed by atoms with van der Waals surface area (Å²) in [4.78, 5) is 23.8. The minimum atomic E-state index is 0.364. The second-order valence-electron chi connectivity index (χ2n) is 6.79. The topological polar surface area (TPSA) is 93.9 Å². The van der Waals surface area contributed by atoms with Crippen LogP contribution in [0.15, 0.2) is 36.5 Å². The molecule has 0 atom stereocenters. The molecule has 0 saturated heterocycles. The minimum absolute atomic E-state index is 0.364. The summed E-state index contributed by atoms with van der Waals surface area (Å²) in [6.45, 7) is 5.93. The van der Waals surface area contributed by atoms with Crippen molar-refractivity contribution in [3.63, 3.8) is 0 Å². The van der Waals surface area contributed by atoms with E-state index in [0.29, 0.717) is 18.1 Å². The smallest absolute Gasteiger partial charge is 0.223 e. The molecule has 0 fully saturated rings. The number of hydrogen-bond acceptors (Lipinski definition) is 5. The van der Waals surface area contributed by atoms with Crippen LogP contribution in [0.3, 0.4) is 0 Å². The molecule has 0 amide bonds. The number of imidazole rings is 1. The minimum Gasteiger partial charge on any atom is -0.480 e. The fourth-order valence-electron chi connectivity index (χ4n) is 3.22. The molecule has 6 nitrogen and oxygen atoms in total. The van der Waals surface area contributed by atoms with Crippen LogP contribution in [-0.2, 0) is 11.2 Å². The molecule has 0 aliphatic carbocycles. The average Bonchev–Trinajstić information content (AvgIpc) is 3.31. The fourth-order valence-corrected chi connectivity index (χ4v) is 3.22. The Balaban J connectivity index is 0.00000113. The van der Waals surface area contributed by atoms with Crippen molar-refractivity contribution in [2.24, 2.45) is 5.73 Å². The zero-order valence-corrected chi connectivity index (χ0v) is 19.7. The van der Waals surface area contributed by atoms with Crippen molar-refractivity contribution >= 4 is 16.7 Å². The van der Waals surface area contributed by atoms with Gasteiger partial charge in [-0.25, -0.2) is 9.97 Å². The molecule has 0 aliphatic rings. The third-order valence-corrected chi connectivity index (χ3v) is 4.81. The molecule has 3 aromatic rings. The maximum atomic E-state index is 11.3. The van der Waals surface area contributed by atoms with Gasteiger partial charge in [-0.3, -0.25) is 4.79 Å². The van der Waals surface area contributed by atoms with Crippen molar-refractivity contribution in [1.29, 1.82) is 0 Å². The lowest BCUT2D eigenvalue weighted by atomic mass is 10.1. The van der Waals surface area contributed by atoms with E-state index >= 15 is 0 Å². The molecule has 31 heavy (non-hydrogen) atoms. The Hall–Kier alpha value is -2.73. The third kappa shape index (κ3) is 8.13. The number of fused-ring (bicyclic) bond motifs is 1. The summed E-state index contributed by atoms with van der Waals surface area (Å²) < 4.78 is 5.48. The number of aromatic nitrogens is 3. The van der Waals surface area contributed by atoms with E-state index in [2.05, 4.69) is 26.8 Å². The second-order valence-corrected chi connectivity index (χ2v) is 6.79. The Labute approximate surface area is 186 Å². The normalized spacial score (nSPS) is 10.0. The van der Waals surface area contributed by atoms with Crippen LogP contribution in [0.25, 0.3) is 22.2 Å². The first-order valence-corrected chi connectivity index (χ1v) is 11.3. The predicted octanol–water partition coefficient (Wildman–Crippen LogP) is 5.71. The molecule has 3 N–H and O–H groups in total. The van der Waals surface area contributed by atoms with E-state index < -0.39 is 0 Å². The number of ketones is 1. The molecule has 0 radical (unpaired) electrons. The summed E-state index contributed by atoms with van der Waals surface area (Å²) in [7, 11) is 3.14. The first-order chi connectivity index (χ1) is 15.2. The van der Waals surface area contributed by atoms with E-state index in [-0.39, 0.29) is 0 Å². The van der Waals surface area contributed by atoms with E-state index in [1.54, 1.807) is 7.11 Å². The van der Waals surface area contributed by atoms with Crippen LogP contribution in [0, 0.1) is 0 Å². The van der Waals surface area contributed by atoms with Crippen molar-refractivity contribution in [2.75, 3.05) is 14.2 Å². The Morgan fingerprint density at radius 2 is 1.81 bits per heavy atom. The van der Waals surface area contributed by atoms with Gasteiger partial charge in [0.25, 0.3) is 0 Å². The maximum absolute atomic E-state index is 11.3. The zero-order chi connectivity index (χ0) is 23.1. The number of unbranched alkanes of at least 4 members (excludes halogenated alkanes) is 3. The van der Waals surface area contributed by atoms with Crippen molar-refractivity contribution in [1.82, 2.24) is 15.0 Å². The number of aromatic amines is 1. The van der Waals surface area contributed by atoms with E-state index in [9.17, 15) is 4.79 Å². The number of benzene rings is 1. The number of pyridine rings is 1. The first-order valence-electron chi connectivity index (χ1n) is 11.3. The number of carbonyl (C=O) groups excluding carboxylic acids is 1. The monoisotopic (exact) mass is 426 g/mol. The van der Waals surface area contributed by atoms with Gasteiger partial charge in [-0.2, -0.15) is 0 Å². The number of aryl methyl sites for hydroxylation is 1. The number of nitrogens with zero attached hydrogens (tertiary/aromatic N) is 2.